The smallest absolute Gasteiger partial charge is 0.266 e. The molecule has 1 amide bonds. The summed E-state index contributed by atoms with van der Waals surface area (Å²) >= 11 is 0. The van der Waals surface area contributed by atoms with Gasteiger partial charge in [-0.15, -0.1) is 0 Å². The minimum atomic E-state index is -4.53. The Labute approximate surface area is 117 Å². The topological polar surface area (TPSA) is 80.5 Å². The summed E-state index contributed by atoms with van der Waals surface area (Å²) in [4.78, 5) is 11.7. The Morgan fingerprint density at radius 1 is 1.38 bits per heavy atom. The predicted molar refractivity (Wildman–Crippen MR) is 67.1 cm³/mol. The lowest BCUT2D eigenvalue weighted by atomic mass is 10.2. The van der Waals surface area contributed by atoms with Gasteiger partial charge in [0.25, 0.3) is 5.91 Å². The zero-order valence-corrected chi connectivity index (χ0v) is 11.5. The van der Waals surface area contributed by atoms with Gasteiger partial charge in [-0.3, -0.25) is 4.79 Å². The second kappa shape index (κ2) is 5.02. The van der Waals surface area contributed by atoms with Crippen LogP contribution in [0.5, 0.6) is 0 Å². The summed E-state index contributed by atoms with van der Waals surface area (Å²) in [5.74, 6) is -1.29. The fourth-order valence-corrected chi connectivity index (χ4v) is 2.06. The third kappa shape index (κ3) is 3.32. The first-order valence-corrected chi connectivity index (χ1v) is 7.39. The number of sulfonamides is 1. The molecule has 0 atom stereocenters. The van der Waals surface area contributed by atoms with E-state index in [4.69, 9.17) is 0 Å². The van der Waals surface area contributed by atoms with Gasteiger partial charge in [-0.05, 0) is 25.1 Å². The fraction of sp³-hybridized carbons (Fsp3) is 0.273. The molecule has 0 saturated carbocycles. The summed E-state index contributed by atoms with van der Waals surface area (Å²) in [5, 5.41) is 3.65. The van der Waals surface area contributed by atoms with E-state index in [0.29, 0.717) is 0 Å². The van der Waals surface area contributed by atoms with E-state index in [0.717, 1.165) is 22.8 Å². The Bertz CT molecular complexity index is 796. The van der Waals surface area contributed by atoms with Crippen molar-refractivity contribution in [2.45, 2.75) is 13.1 Å². The summed E-state index contributed by atoms with van der Waals surface area (Å²) in [6.45, 7) is 1.34. The van der Waals surface area contributed by atoms with E-state index in [1.165, 1.54) is 13.0 Å². The van der Waals surface area contributed by atoms with E-state index in [1.54, 1.807) is 4.72 Å². The Balaban J connectivity index is 2.37. The lowest BCUT2D eigenvalue weighted by Crippen LogP contribution is -2.32. The predicted octanol–water partition coefficient (Wildman–Crippen LogP) is 1.43. The van der Waals surface area contributed by atoms with E-state index in [9.17, 15) is 26.4 Å². The number of nitrogens with one attached hydrogen (secondary N) is 1. The maximum Gasteiger partial charge on any atom is 0.417 e. The first kappa shape index (κ1) is 15.3. The normalized spacial score (nSPS) is 12.6. The van der Waals surface area contributed by atoms with Crippen molar-refractivity contribution in [2.75, 3.05) is 5.75 Å². The molecule has 0 unspecified atom stereocenters. The zero-order valence-electron chi connectivity index (χ0n) is 10.7. The van der Waals surface area contributed by atoms with Gasteiger partial charge in [0.1, 0.15) is 0 Å². The van der Waals surface area contributed by atoms with Crippen LogP contribution in [0.4, 0.5) is 13.2 Å². The summed E-state index contributed by atoms with van der Waals surface area (Å²) < 4.78 is 62.8. The molecule has 2 heterocycles. The van der Waals surface area contributed by atoms with Gasteiger partial charge in [-0.1, -0.05) is 0 Å². The molecule has 0 bridgehead atoms. The van der Waals surface area contributed by atoms with Crippen LogP contribution in [0.1, 0.15) is 23.0 Å². The van der Waals surface area contributed by atoms with Crippen LogP contribution >= 0.6 is 0 Å². The van der Waals surface area contributed by atoms with Crippen LogP contribution in [0.2, 0.25) is 0 Å². The van der Waals surface area contributed by atoms with Crippen molar-refractivity contribution in [3.05, 3.63) is 35.7 Å². The first-order valence-electron chi connectivity index (χ1n) is 5.74. The van der Waals surface area contributed by atoms with Crippen molar-refractivity contribution < 1.29 is 26.4 Å². The molecule has 0 radical (unpaired) electrons. The van der Waals surface area contributed by atoms with Gasteiger partial charge in [-0.25, -0.2) is 17.7 Å². The van der Waals surface area contributed by atoms with E-state index >= 15 is 0 Å². The lowest BCUT2D eigenvalue weighted by Gasteiger charge is -2.05. The van der Waals surface area contributed by atoms with Crippen molar-refractivity contribution >= 4 is 21.4 Å². The van der Waals surface area contributed by atoms with E-state index in [-0.39, 0.29) is 17.0 Å². The number of alkyl halides is 3. The van der Waals surface area contributed by atoms with Gasteiger partial charge >= 0.3 is 6.18 Å². The molecule has 0 aliphatic carbocycles. The minimum Gasteiger partial charge on any atom is -0.266 e. The monoisotopic (exact) mass is 321 g/mol. The average Bonchev–Trinajstić information content (AvgIpc) is 2.80. The van der Waals surface area contributed by atoms with E-state index in [2.05, 4.69) is 5.10 Å². The largest absolute Gasteiger partial charge is 0.417 e. The van der Waals surface area contributed by atoms with Crippen LogP contribution in [0, 0.1) is 0 Å². The minimum absolute atomic E-state index is 0.238. The second-order valence-electron chi connectivity index (χ2n) is 4.15. The standard InChI is InChI=1S/C11H10F3N3O3S/c1-2-21(19,20)16-10(18)9-5-8-4-3-7(11(12,13)14)6-17(8)15-9/h3-6H,2H2,1H3,(H,16,18). The van der Waals surface area contributed by atoms with Crippen LogP contribution in [0.25, 0.3) is 5.52 Å². The molecule has 0 fully saturated rings. The van der Waals surface area contributed by atoms with Gasteiger partial charge in [-0.2, -0.15) is 18.3 Å². The lowest BCUT2D eigenvalue weighted by molar-refractivity contribution is -0.137. The van der Waals surface area contributed by atoms with Gasteiger partial charge in [0.05, 0.1) is 16.8 Å². The molecule has 1 N–H and O–H groups in total. The van der Waals surface area contributed by atoms with Crippen molar-refractivity contribution in [1.82, 2.24) is 14.3 Å². The first-order chi connectivity index (χ1) is 9.62. The SMILES string of the molecule is CCS(=O)(=O)NC(=O)c1cc2ccc(C(F)(F)F)cn2n1. The Morgan fingerprint density at radius 2 is 2.05 bits per heavy atom. The summed E-state index contributed by atoms with van der Waals surface area (Å²) in [6, 6.07) is 3.18. The number of aromatic nitrogens is 2. The van der Waals surface area contributed by atoms with Gasteiger partial charge in [0.2, 0.25) is 10.0 Å². The van der Waals surface area contributed by atoms with Crippen LogP contribution in [-0.4, -0.2) is 29.7 Å². The van der Waals surface area contributed by atoms with Gasteiger partial charge < -0.3 is 0 Å². The Hall–Kier alpha value is -2.10. The number of halogens is 3. The quantitative estimate of drug-likeness (QED) is 0.927. The highest BCUT2D eigenvalue weighted by atomic mass is 32.2. The maximum atomic E-state index is 12.5. The summed E-state index contributed by atoms with van der Waals surface area (Å²) in [6.07, 6.45) is -3.81. The van der Waals surface area contributed by atoms with Crippen LogP contribution in [-0.2, 0) is 16.2 Å². The van der Waals surface area contributed by atoms with Crippen LogP contribution in [0.3, 0.4) is 0 Å². The highest BCUT2D eigenvalue weighted by molar-refractivity contribution is 7.90. The third-order valence-corrected chi connectivity index (χ3v) is 3.90. The van der Waals surface area contributed by atoms with Gasteiger partial charge in [0.15, 0.2) is 5.69 Å². The number of fused-ring (bicyclic) bond motifs is 1. The Morgan fingerprint density at radius 3 is 2.62 bits per heavy atom. The molecule has 0 spiro atoms. The highest BCUT2D eigenvalue weighted by Crippen LogP contribution is 2.29. The molecule has 2 rings (SSSR count). The number of carbonyl (C=O) groups excluding carboxylic acids is 1. The van der Waals surface area contributed by atoms with E-state index in [1.807, 2.05) is 0 Å². The molecule has 0 aromatic carbocycles. The summed E-state index contributed by atoms with van der Waals surface area (Å²) in [5.41, 5.74) is -0.973. The van der Waals surface area contributed by atoms with Crippen molar-refractivity contribution in [1.29, 1.82) is 0 Å². The average molecular weight is 321 g/mol. The molecule has 0 saturated heterocycles. The van der Waals surface area contributed by atoms with Crippen molar-refractivity contribution in [2.24, 2.45) is 0 Å². The van der Waals surface area contributed by atoms with Crippen LogP contribution < -0.4 is 4.72 Å². The molecular formula is C11H10F3N3O3S. The molecule has 2 aromatic rings. The Kier molecular flexibility index (Phi) is 3.66. The summed E-state index contributed by atoms with van der Waals surface area (Å²) in [7, 11) is -3.76. The molecule has 2 aromatic heterocycles. The van der Waals surface area contributed by atoms with Crippen molar-refractivity contribution in [3.63, 3.8) is 0 Å². The molecule has 114 valence electrons. The number of hydrogen-bond donors (Lipinski definition) is 1. The number of amides is 1. The van der Waals surface area contributed by atoms with Gasteiger partial charge in [0, 0.05) is 6.20 Å². The molecule has 0 aliphatic heterocycles. The third-order valence-electron chi connectivity index (χ3n) is 2.65. The number of carbonyl (C=O) groups is 1. The number of nitrogens with zero attached hydrogens (tertiary/aromatic N) is 2. The molecule has 10 heteroatoms. The van der Waals surface area contributed by atoms with E-state index < -0.39 is 27.7 Å². The maximum absolute atomic E-state index is 12.5. The number of hydrogen-bond acceptors (Lipinski definition) is 4. The second-order valence-corrected chi connectivity index (χ2v) is 6.16. The molecule has 21 heavy (non-hydrogen) atoms. The highest BCUT2D eigenvalue weighted by Gasteiger charge is 2.31. The number of pyridine rings is 1. The zero-order chi connectivity index (χ0) is 15.8. The van der Waals surface area contributed by atoms with Crippen molar-refractivity contribution in [3.8, 4) is 0 Å². The van der Waals surface area contributed by atoms with Crippen LogP contribution in [0.15, 0.2) is 24.4 Å². The fourth-order valence-electron chi connectivity index (χ4n) is 1.53. The molecular weight excluding hydrogens is 311 g/mol. The molecule has 6 nitrogen and oxygen atoms in total. The number of rotatable bonds is 3. The molecule has 0 aliphatic rings.